The van der Waals surface area contributed by atoms with Crippen molar-refractivity contribution in [2.24, 2.45) is 0 Å². The topological polar surface area (TPSA) is 53.4 Å². The van der Waals surface area contributed by atoms with Gasteiger partial charge in [-0.1, -0.05) is 6.07 Å². The third-order valence-corrected chi connectivity index (χ3v) is 2.62. The molecule has 82 valence electrons. The minimum Gasteiger partial charge on any atom is -0.394 e. The summed E-state index contributed by atoms with van der Waals surface area (Å²) in [6, 6.07) is 4.94. The molecule has 0 saturated heterocycles. The molecule has 0 aliphatic rings. The van der Waals surface area contributed by atoms with Crippen LogP contribution in [0.25, 0.3) is 0 Å². The Morgan fingerprint density at radius 3 is 2.87 bits per heavy atom. The van der Waals surface area contributed by atoms with E-state index in [-0.39, 0.29) is 18.6 Å². The van der Waals surface area contributed by atoms with Gasteiger partial charge in [0.2, 0.25) is 0 Å². The molecule has 1 N–H and O–H groups in total. The van der Waals surface area contributed by atoms with Crippen LogP contribution in [0.4, 0.5) is 0 Å². The lowest BCUT2D eigenvalue weighted by molar-refractivity contribution is 0.0676. The summed E-state index contributed by atoms with van der Waals surface area (Å²) in [5.74, 6) is -0.196. The highest BCUT2D eigenvalue weighted by atomic mass is 79.9. The van der Waals surface area contributed by atoms with E-state index in [2.05, 4.69) is 20.9 Å². The predicted molar refractivity (Wildman–Crippen MR) is 60.6 cm³/mol. The highest BCUT2D eigenvalue weighted by Crippen LogP contribution is 2.09. The average molecular weight is 273 g/mol. The van der Waals surface area contributed by atoms with Gasteiger partial charge in [0, 0.05) is 7.05 Å². The minimum absolute atomic E-state index is 0.0593. The molecular weight excluding hydrogens is 260 g/mol. The molecule has 1 aromatic heterocycles. The van der Waals surface area contributed by atoms with Crippen LogP contribution in [0, 0.1) is 0 Å². The smallest absolute Gasteiger partial charge is 0.272 e. The number of rotatable bonds is 3. The molecule has 1 heterocycles. The molecule has 0 aliphatic heterocycles. The Morgan fingerprint density at radius 1 is 1.67 bits per heavy atom. The molecule has 15 heavy (non-hydrogen) atoms. The zero-order valence-electron chi connectivity index (χ0n) is 8.64. The number of hydrogen-bond acceptors (Lipinski definition) is 3. The number of carbonyl (C=O) groups excluding carboxylic acids is 1. The molecule has 1 aromatic rings. The first-order valence-corrected chi connectivity index (χ1v) is 5.36. The van der Waals surface area contributed by atoms with E-state index in [0.717, 1.165) is 0 Å². The first-order chi connectivity index (χ1) is 7.06. The first kappa shape index (κ1) is 12.1. The van der Waals surface area contributed by atoms with Gasteiger partial charge in [0.1, 0.15) is 10.3 Å². The Labute approximate surface area is 97.1 Å². The SMILES string of the molecule is CC(CO)N(C)C(=O)c1cccc(Br)n1. The third kappa shape index (κ3) is 3.00. The van der Waals surface area contributed by atoms with Crippen molar-refractivity contribution in [3.8, 4) is 0 Å². The van der Waals surface area contributed by atoms with Crippen molar-refractivity contribution in [2.45, 2.75) is 13.0 Å². The van der Waals surface area contributed by atoms with E-state index in [0.29, 0.717) is 10.3 Å². The fraction of sp³-hybridized carbons (Fsp3) is 0.400. The van der Waals surface area contributed by atoms with Gasteiger partial charge in [0.25, 0.3) is 5.91 Å². The number of nitrogens with zero attached hydrogens (tertiary/aromatic N) is 2. The van der Waals surface area contributed by atoms with Crippen LogP contribution >= 0.6 is 15.9 Å². The monoisotopic (exact) mass is 272 g/mol. The number of likely N-dealkylation sites (N-methyl/N-ethyl adjacent to an activating group) is 1. The van der Waals surface area contributed by atoms with Crippen LogP contribution in [0.5, 0.6) is 0 Å². The van der Waals surface area contributed by atoms with E-state index in [1.165, 1.54) is 4.90 Å². The highest BCUT2D eigenvalue weighted by molar-refractivity contribution is 9.10. The minimum atomic E-state index is -0.210. The summed E-state index contributed by atoms with van der Waals surface area (Å²) in [4.78, 5) is 17.4. The van der Waals surface area contributed by atoms with Gasteiger partial charge in [-0.25, -0.2) is 4.98 Å². The van der Waals surface area contributed by atoms with Gasteiger partial charge in [-0.3, -0.25) is 4.79 Å². The normalized spacial score (nSPS) is 12.3. The molecule has 0 radical (unpaired) electrons. The number of aromatic nitrogens is 1. The number of pyridine rings is 1. The largest absolute Gasteiger partial charge is 0.394 e. The van der Waals surface area contributed by atoms with Crippen molar-refractivity contribution in [3.05, 3.63) is 28.5 Å². The molecule has 5 heteroatoms. The molecular formula is C10H13BrN2O2. The van der Waals surface area contributed by atoms with Crippen molar-refractivity contribution in [2.75, 3.05) is 13.7 Å². The summed E-state index contributed by atoms with van der Waals surface area (Å²) in [7, 11) is 1.64. The van der Waals surface area contributed by atoms with Gasteiger partial charge in [0.15, 0.2) is 0 Å². The molecule has 1 unspecified atom stereocenters. The summed E-state index contributed by atoms with van der Waals surface area (Å²) in [5.41, 5.74) is 0.368. The molecule has 0 saturated carbocycles. The van der Waals surface area contributed by atoms with Crippen LogP contribution < -0.4 is 0 Å². The molecule has 4 nitrogen and oxygen atoms in total. The number of aliphatic hydroxyl groups excluding tert-OH is 1. The van der Waals surface area contributed by atoms with Gasteiger partial charge in [-0.05, 0) is 35.0 Å². The molecule has 0 spiro atoms. The van der Waals surface area contributed by atoms with Crippen molar-refractivity contribution in [1.82, 2.24) is 9.88 Å². The fourth-order valence-corrected chi connectivity index (χ4v) is 1.37. The lowest BCUT2D eigenvalue weighted by Gasteiger charge is -2.22. The second kappa shape index (κ2) is 5.23. The number of carbonyl (C=O) groups is 1. The molecule has 0 aliphatic carbocycles. The van der Waals surface area contributed by atoms with E-state index in [4.69, 9.17) is 5.11 Å². The summed E-state index contributed by atoms with van der Waals surface area (Å²) in [6.07, 6.45) is 0. The summed E-state index contributed by atoms with van der Waals surface area (Å²) < 4.78 is 0.624. The van der Waals surface area contributed by atoms with Crippen LogP contribution in [0.2, 0.25) is 0 Å². The predicted octanol–water partition coefficient (Wildman–Crippen LogP) is 1.30. The lowest BCUT2D eigenvalue weighted by atomic mass is 10.2. The molecule has 0 bridgehead atoms. The Kier molecular flexibility index (Phi) is 4.23. The average Bonchev–Trinajstić information content (AvgIpc) is 2.26. The van der Waals surface area contributed by atoms with Crippen molar-refractivity contribution < 1.29 is 9.90 Å². The highest BCUT2D eigenvalue weighted by Gasteiger charge is 2.17. The van der Waals surface area contributed by atoms with Crippen LogP contribution in [0.3, 0.4) is 0 Å². The summed E-state index contributed by atoms with van der Waals surface area (Å²) in [5, 5.41) is 8.93. The maximum Gasteiger partial charge on any atom is 0.272 e. The zero-order valence-corrected chi connectivity index (χ0v) is 10.2. The number of aliphatic hydroxyl groups is 1. The van der Waals surface area contributed by atoms with Crippen molar-refractivity contribution in [3.63, 3.8) is 0 Å². The number of hydrogen-bond donors (Lipinski definition) is 1. The van der Waals surface area contributed by atoms with Crippen LogP contribution in [0.15, 0.2) is 22.8 Å². The van der Waals surface area contributed by atoms with E-state index >= 15 is 0 Å². The van der Waals surface area contributed by atoms with Crippen LogP contribution in [-0.2, 0) is 0 Å². The Hall–Kier alpha value is -0.940. The number of amides is 1. The Bertz CT molecular complexity index is 357. The van der Waals surface area contributed by atoms with E-state index in [9.17, 15) is 4.79 Å². The maximum absolute atomic E-state index is 11.8. The van der Waals surface area contributed by atoms with E-state index in [1.54, 1.807) is 32.2 Å². The summed E-state index contributed by atoms with van der Waals surface area (Å²) >= 11 is 3.20. The number of halogens is 1. The molecule has 1 rings (SSSR count). The van der Waals surface area contributed by atoms with Crippen LogP contribution in [0.1, 0.15) is 17.4 Å². The molecule has 0 aromatic carbocycles. The third-order valence-electron chi connectivity index (χ3n) is 2.18. The van der Waals surface area contributed by atoms with Gasteiger partial charge >= 0.3 is 0 Å². The fourth-order valence-electron chi connectivity index (χ4n) is 1.03. The van der Waals surface area contributed by atoms with Gasteiger partial charge in [-0.15, -0.1) is 0 Å². The molecule has 1 atom stereocenters. The standard InChI is InChI=1S/C10H13BrN2O2/c1-7(6-14)13(2)10(15)8-4-3-5-9(11)12-8/h3-5,7,14H,6H2,1-2H3. The van der Waals surface area contributed by atoms with Gasteiger partial charge in [0.05, 0.1) is 12.6 Å². The second-order valence-corrected chi connectivity index (χ2v) is 4.11. The van der Waals surface area contributed by atoms with Gasteiger partial charge < -0.3 is 10.0 Å². The Morgan fingerprint density at radius 2 is 2.33 bits per heavy atom. The molecule has 1 amide bonds. The quantitative estimate of drug-likeness (QED) is 0.844. The first-order valence-electron chi connectivity index (χ1n) is 4.57. The molecule has 0 fully saturated rings. The van der Waals surface area contributed by atoms with E-state index in [1.807, 2.05) is 0 Å². The zero-order chi connectivity index (χ0) is 11.4. The Balaban J connectivity index is 2.85. The maximum atomic E-state index is 11.8. The summed E-state index contributed by atoms with van der Waals surface area (Å²) in [6.45, 7) is 1.71. The van der Waals surface area contributed by atoms with Crippen LogP contribution in [-0.4, -0.2) is 40.6 Å². The van der Waals surface area contributed by atoms with Gasteiger partial charge in [-0.2, -0.15) is 0 Å². The second-order valence-electron chi connectivity index (χ2n) is 3.29. The van der Waals surface area contributed by atoms with Crippen molar-refractivity contribution >= 4 is 21.8 Å². The lowest BCUT2D eigenvalue weighted by Crippen LogP contribution is -2.37. The van der Waals surface area contributed by atoms with E-state index < -0.39 is 0 Å². The van der Waals surface area contributed by atoms with Crippen molar-refractivity contribution in [1.29, 1.82) is 0 Å².